The Morgan fingerprint density at radius 1 is 1.39 bits per heavy atom. The van der Waals surface area contributed by atoms with E-state index in [1.54, 1.807) is 12.4 Å². The number of anilines is 1. The van der Waals surface area contributed by atoms with Crippen molar-refractivity contribution < 1.29 is 4.74 Å². The van der Waals surface area contributed by atoms with Crippen LogP contribution in [0, 0.1) is 0 Å². The van der Waals surface area contributed by atoms with Gasteiger partial charge < -0.3 is 10.1 Å². The second-order valence-corrected chi connectivity index (χ2v) is 5.23. The average molecular weight is 270 g/mol. The van der Waals surface area contributed by atoms with Gasteiger partial charge in [0.15, 0.2) is 0 Å². The molecule has 0 spiro atoms. The van der Waals surface area contributed by atoms with Crippen molar-refractivity contribution in [3.63, 3.8) is 0 Å². The van der Waals surface area contributed by atoms with E-state index in [-0.39, 0.29) is 5.60 Å². The second-order valence-electron chi connectivity index (χ2n) is 4.80. The van der Waals surface area contributed by atoms with Crippen LogP contribution < -0.4 is 5.32 Å². The first kappa shape index (κ1) is 13.6. The predicted molar refractivity (Wildman–Crippen MR) is 73.0 cm³/mol. The highest BCUT2D eigenvalue weighted by Crippen LogP contribution is 2.32. The molecule has 1 unspecified atom stereocenters. The number of hydrogen-bond donors (Lipinski definition) is 1. The molecule has 5 heteroatoms. The zero-order valence-electron chi connectivity index (χ0n) is 10.9. The average Bonchev–Trinajstić information content (AvgIpc) is 2.41. The third-order valence-electron chi connectivity index (χ3n) is 3.74. The fraction of sp³-hybridized carbons (Fsp3) is 0.692. The normalized spacial score (nSPS) is 22.7. The number of ether oxygens (including phenoxy) is 1. The van der Waals surface area contributed by atoms with Gasteiger partial charge in [0.05, 0.1) is 23.0 Å². The molecule has 100 valence electrons. The smallest absolute Gasteiger partial charge is 0.222 e. The maximum absolute atomic E-state index is 5.95. The van der Waals surface area contributed by atoms with E-state index in [1.165, 1.54) is 0 Å². The molecule has 1 fully saturated rings. The van der Waals surface area contributed by atoms with Crippen LogP contribution in [0.2, 0.25) is 5.02 Å². The molecule has 1 N–H and O–H groups in total. The van der Waals surface area contributed by atoms with Crippen molar-refractivity contribution in [2.24, 2.45) is 0 Å². The molecule has 0 saturated carbocycles. The van der Waals surface area contributed by atoms with Crippen LogP contribution in [0.3, 0.4) is 0 Å². The van der Waals surface area contributed by atoms with Crippen molar-refractivity contribution in [2.45, 2.75) is 51.2 Å². The topological polar surface area (TPSA) is 47.0 Å². The number of halogens is 1. The van der Waals surface area contributed by atoms with Gasteiger partial charge in [-0.2, -0.15) is 0 Å². The van der Waals surface area contributed by atoms with Gasteiger partial charge in [0.2, 0.25) is 5.95 Å². The van der Waals surface area contributed by atoms with Gasteiger partial charge >= 0.3 is 0 Å². The van der Waals surface area contributed by atoms with Gasteiger partial charge in [-0.3, -0.25) is 0 Å². The molecular formula is C13H20ClN3O. The van der Waals surface area contributed by atoms with Crippen LogP contribution in [0.1, 0.15) is 39.5 Å². The van der Waals surface area contributed by atoms with Crippen molar-refractivity contribution in [3.8, 4) is 0 Å². The number of aromatic nitrogens is 2. The molecule has 0 bridgehead atoms. The molecule has 2 rings (SSSR count). The quantitative estimate of drug-likeness (QED) is 0.911. The summed E-state index contributed by atoms with van der Waals surface area (Å²) in [6.07, 6.45) is 7.32. The Labute approximate surface area is 113 Å². The maximum atomic E-state index is 5.95. The van der Waals surface area contributed by atoms with E-state index < -0.39 is 0 Å². The van der Waals surface area contributed by atoms with Gasteiger partial charge in [-0.1, -0.05) is 25.4 Å². The molecule has 0 amide bonds. The van der Waals surface area contributed by atoms with Crippen molar-refractivity contribution in [1.82, 2.24) is 9.97 Å². The van der Waals surface area contributed by atoms with Crippen LogP contribution in [0.4, 0.5) is 5.95 Å². The SMILES string of the molecule is CCC1(CC)CC(Nc2ncc(Cl)cn2)CCO1. The van der Waals surface area contributed by atoms with Crippen LogP contribution in [0.25, 0.3) is 0 Å². The molecule has 1 aliphatic rings. The fourth-order valence-electron chi connectivity index (χ4n) is 2.46. The Morgan fingerprint density at radius 3 is 2.67 bits per heavy atom. The van der Waals surface area contributed by atoms with E-state index in [1.807, 2.05) is 0 Å². The predicted octanol–water partition coefficient (Wildman–Crippen LogP) is 3.28. The van der Waals surface area contributed by atoms with E-state index >= 15 is 0 Å². The van der Waals surface area contributed by atoms with E-state index in [9.17, 15) is 0 Å². The van der Waals surface area contributed by atoms with Crippen molar-refractivity contribution in [2.75, 3.05) is 11.9 Å². The summed E-state index contributed by atoms with van der Waals surface area (Å²) in [5.74, 6) is 0.646. The van der Waals surface area contributed by atoms with Gasteiger partial charge in [-0.25, -0.2) is 9.97 Å². The number of nitrogens with zero attached hydrogens (tertiary/aromatic N) is 2. The van der Waals surface area contributed by atoms with Crippen LogP contribution >= 0.6 is 11.6 Å². The van der Waals surface area contributed by atoms with Crippen molar-refractivity contribution in [3.05, 3.63) is 17.4 Å². The van der Waals surface area contributed by atoms with E-state index in [2.05, 4.69) is 29.1 Å². The summed E-state index contributed by atoms with van der Waals surface area (Å²) in [5, 5.41) is 3.93. The van der Waals surface area contributed by atoms with Crippen LogP contribution in [0.15, 0.2) is 12.4 Å². The molecule has 0 aromatic carbocycles. The van der Waals surface area contributed by atoms with E-state index in [4.69, 9.17) is 16.3 Å². The van der Waals surface area contributed by atoms with E-state index in [0.29, 0.717) is 17.0 Å². The molecular weight excluding hydrogens is 250 g/mol. The summed E-state index contributed by atoms with van der Waals surface area (Å²) in [4.78, 5) is 8.35. The maximum Gasteiger partial charge on any atom is 0.222 e. The molecule has 1 aromatic rings. The van der Waals surface area contributed by atoms with E-state index in [0.717, 1.165) is 32.3 Å². The monoisotopic (exact) mass is 269 g/mol. The van der Waals surface area contributed by atoms with Crippen LogP contribution in [0.5, 0.6) is 0 Å². The Hall–Kier alpha value is -0.870. The van der Waals surface area contributed by atoms with Gasteiger partial charge in [0, 0.05) is 12.6 Å². The largest absolute Gasteiger partial charge is 0.375 e. The molecule has 1 aliphatic heterocycles. The molecule has 2 heterocycles. The minimum Gasteiger partial charge on any atom is -0.375 e. The third kappa shape index (κ3) is 3.12. The Kier molecular flexibility index (Phi) is 4.40. The lowest BCUT2D eigenvalue weighted by Gasteiger charge is -2.40. The summed E-state index contributed by atoms with van der Waals surface area (Å²) in [5.41, 5.74) is 0.0162. The number of hydrogen-bond acceptors (Lipinski definition) is 4. The molecule has 18 heavy (non-hydrogen) atoms. The van der Waals surface area contributed by atoms with Crippen LogP contribution in [-0.4, -0.2) is 28.2 Å². The minimum atomic E-state index is 0.0162. The summed E-state index contributed by atoms with van der Waals surface area (Å²) >= 11 is 5.77. The second kappa shape index (κ2) is 5.85. The summed E-state index contributed by atoms with van der Waals surface area (Å²) < 4.78 is 5.95. The molecule has 1 saturated heterocycles. The summed E-state index contributed by atoms with van der Waals surface area (Å²) in [6.45, 7) is 5.17. The molecule has 0 radical (unpaired) electrons. The highest BCUT2D eigenvalue weighted by molar-refractivity contribution is 6.30. The lowest BCUT2D eigenvalue weighted by molar-refractivity contribution is -0.0865. The molecule has 1 aromatic heterocycles. The van der Waals surface area contributed by atoms with Gasteiger partial charge in [0.25, 0.3) is 0 Å². The molecule has 1 atom stereocenters. The summed E-state index contributed by atoms with van der Waals surface area (Å²) in [6, 6.07) is 0.375. The Morgan fingerprint density at radius 2 is 2.06 bits per heavy atom. The standard InChI is InChI=1S/C13H20ClN3O/c1-3-13(4-2)7-11(5-6-18-13)17-12-15-8-10(14)9-16-12/h8-9,11H,3-7H2,1-2H3,(H,15,16,17). The first-order valence-corrected chi connectivity index (χ1v) is 6.93. The Balaban J connectivity index is 1.99. The molecule has 4 nitrogen and oxygen atoms in total. The lowest BCUT2D eigenvalue weighted by atomic mass is 9.86. The summed E-state index contributed by atoms with van der Waals surface area (Å²) in [7, 11) is 0. The van der Waals surface area contributed by atoms with Gasteiger partial charge in [-0.15, -0.1) is 0 Å². The first-order valence-electron chi connectivity index (χ1n) is 6.55. The highest BCUT2D eigenvalue weighted by Gasteiger charge is 2.34. The number of rotatable bonds is 4. The fourth-order valence-corrected chi connectivity index (χ4v) is 2.56. The van der Waals surface area contributed by atoms with Crippen molar-refractivity contribution in [1.29, 1.82) is 0 Å². The highest BCUT2D eigenvalue weighted by atomic mass is 35.5. The van der Waals surface area contributed by atoms with Crippen LogP contribution in [-0.2, 0) is 4.74 Å². The van der Waals surface area contributed by atoms with Crippen molar-refractivity contribution >= 4 is 17.5 Å². The first-order chi connectivity index (χ1) is 8.67. The molecule has 0 aliphatic carbocycles. The third-order valence-corrected chi connectivity index (χ3v) is 3.93. The minimum absolute atomic E-state index is 0.0162. The number of nitrogens with one attached hydrogen (secondary N) is 1. The zero-order chi connectivity index (χ0) is 13.0. The zero-order valence-corrected chi connectivity index (χ0v) is 11.7. The Bertz CT molecular complexity index is 378. The van der Waals surface area contributed by atoms with Gasteiger partial charge in [-0.05, 0) is 25.7 Å². The lowest BCUT2D eigenvalue weighted by Crippen LogP contribution is -2.43. The van der Waals surface area contributed by atoms with Gasteiger partial charge in [0.1, 0.15) is 0 Å².